The first-order chi connectivity index (χ1) is 24.8. The molecular formula is C36H63N3O15. The zero-order chi connectivity index (χ0) is 40.9. The highest BCUT2D eigenvalue weighted by molar-refractivity contribution is 5.40. The number of aromatic hydroxyl groups is 2. The van der Waals surface area contributed by atoms with Crippen LogP contribution in [0.15, 0.2) is 18.2 Å². The maximum Gasteiger partial charge on any atom is 0.173 e. The average Bonchev–Trinajstić information content (AvgIpc) is 3.10. The van der Waals surface area contributed by atoms with Crippen LogP contribution in [0.1, 0.15) is 54.0 Å². The van der Waals surface area contributed by atoms with E-state index in [-0.39, 0.29) is 44.5 Å². The molecule has 312 valence electrons. The maximum atomic E-state index is 12.7. The SMILES string of the molecule is CC1(COCC2(C)C(CO)OC(C)(COCC3(C)C(CO)OC(O)C(N)[C@]3(C)O)C(NCc3ccc(O)c(O)c3)[C@]2(C)O)OC(CO)C(O)[C@@](C)(O)C1N. The molecule has 18 nitrogen and oxygen atoms in total. The fraction of sp³-hybridized carbons (Fsp3) is 0.833. The minimum atomic E-state index is -1.85. The Kier molecular flexibility index (Phi) is 13.2. The number of hydrogen-bond donors (Lipinski definition) is 13. The van der Waals surface area contributed by atoms with Crippen LogP contribution in [0.5, 0.6) is 11.5 Å². The van der Waals surface area contributed by atoms with E-state index in [0.717, 1.165) is 0 Å². The van der Waals surface area contributed by atoms with E-state index in [4.69, 9.17) is 35.2 Å². The standard InChI is InChI=1S/C36H63N3O15/c1-30(23(13-41)52-27(46)25(37)35(30,6)48)15-51-18-33(4)29(39-11-19-8-9-20(43)21(44)10-19)36(7,49)31(2,24(14-42)54-33)16-50-17-32(3)28(38)34(5,47)26(45)22(12-40)53-32/h8-10,22-29,39-49H,11-18,37-38H2,1-7H3/t22?,23?,24?,25?,26?,27?,28?,29?,30?,31?,32?,33?,34-,35+,36+/m1/s1. The van der Waals surface area contributed by atoms with Crippen LogP contribution >= 0.6 is 0 Å². The van der Waals surface area contributed by atoms with Gasteiger partial charge < -0.3 is 91.5 Å². The van der Waals surface area contributed by atoms with Crippen molar-refractivity contribution in [3.8, 4) is 11.5 Å². The molecule has 3 fully saturated rings. The number of nitrogens with two attached hydrogens (primary N) is 2. The summed E-state index contributed by atoms with van der Waals surface area (Å²) < 4.78 is 30.5. The lowest BCUT2D eigenvalue weighted by Crippen LogP contribution is -2.78. The quantitative estimate of drug-likeness (QED) is 0.0831. The molecule has 12 unspecified atom stereocenters. The highest BCUT2D eigenvalue weighted by atomic mass is 16.6. The van der Waals surface area contributed by atoms with Crippen LogP contribution < -0.4 is 16.8 Å². The Morgan fingerprint density at radius 2 is 1.28 bits per heavy atom. The predicted octanol–water partition coefficient (Wildman–Crippen LogP) is -3.12. The van der Waals surface area contributed by atoms with Crippen LogP contribution in [-0.4, -0.2) is 174 Å². The van der Waals surface area contributed by atoms with Crippen molar-refractivity contribution in [2.24, 2.45) is 22.3 Å². The van der Waals surface area contributed by atoms with Gasteiger partial charge >= 0.3 is 0 Å². The van der Waals surface area contributed by atoms with Crippen molar-refractivity contribution >= 4 is 0 Å². The normalized spacial score (nSPS) is 47.1. The molecule has 1 aromatic carbocycles. The van der Waals surface area contributed by atoms with Crippen molar-refractivity contribution in [1.82, 2.24) is 5.32 Å². The number of nitrogens with one attached hydrogen (secondary N) is 1. The molecular weight excluding hydrogens is 714 g/mol. The van der Waals surface area contributed by atoms with Gasteiger partial charge in [-0.15, -0.1) is 0 Å². The third-order valence-corrected chi connectivity index (χ3v) is 12.9. The van der Waals surface area contributed by atoms with Crippen LogP contribution in [-0.2, 0) is 30.2 Å². The summed E-state index contributed by atoms with van der Waals surface area (Å²) in [7, 11) is 0. The molecule has 3 saturated heterocycles. The van der Waals surface area contributed by atoms with Gasteiger partial charge in [0.15, 0.2) is 17.8 Å². The minimum Gasteiger partial charge on any atom is -0.504 e. The monoisotopic (exact) mass is 777 g/mol. The molecule has 18 heteroatoms. The molecule has 0 saturated carbocycles. The number of benzene rings is 1. The first kappa shape index (κ1) is 44.9. The Morgan fingerprint density at radius 3 is 1.81 bits per heavy atom. The third-order valence-electron chi connectivity index (χ3n) is 12.9. The molecule has 0 radical (unpaired) electrons. The van der Waals surface area contributed by atoms with Gasteiger partial charge in [-0.3, -0.25) is 0 Å². The number of aliphatic hydroxyl groups excluding tert-OH is 5. The zero-order valence-electron chi connectivity index (χ0n) is 32.2. The van der Waals surface area contributed by atoms with Gasteiger partial charge in [-0.05, 0) is 52.3 Å². The number of rotatable bonds is 14. The lowest BCUT2D eigenvalue weighted by atomic mass is 9.61. The Balaban J connectivity index is 1.64. The Labute approximate surface area is 315 Å². The van der Waals surface area contributed by atoms with Crippen LogP contribution in [0.3, 0.4) is 0 Å². The van der Waals surface area contributed by atoms with Gasteiger partial charge in [0.05, 0.1) is 87.8 Å². The summed E-state index contributed by atoms with van der Waals surface area (Å²) in [5.41, 5.74) is 2.02. The fourth-order valence-electron chi connectivity index (χ4n) is 8.41. The van der Waals surface area contributed by atoms with E-state index in [1.165, 1.54) is 26.0 Å². The van der Waals surface area contributed by atoms with Gasteiger partial charge in [-0.2, -0.15) is 0 Å². The second-order valence-electron chi connectivity index (χ2n) is 16.9. The molecule has 0 aliphatic carbocycles. The maximum absolute atomic E-state index is 12.7. The summed E-state index contributed by atoms with van der Waals surface area (Å²) in [5, 5.41) is 110. The molecule has 15 atom stereocenters. The Hall–Kier alpha value is -1.82. The summed E-state index contributed by atoms with van der Waals surface area (Å²) in [4.78, 5) is 0. The molecule has 3 aliphatic heterocycles. The fourth-order valence-corrected chi connectivity index (χ4v) is 8.41. The van der Waals surface area contributed by atoms with E-state index < -0.39 is 107 Å². The van der Waals surface area contributed by atoms with Crippen LogP contribution in [0.25, 0.3) is 0 Å². The van der Waals surface area contributed by atoms with Gasteiger partial charge in [0.25, 0.3) is 0 Å². The van der Waals surface area contributed by atoms with E-state index in [2.05, 4.69) is 5.32 Å². The van der Waals surface area contributed by atoms with Crippen molar-refractivity contribution in [3.05, 3.63) is 23.8 Å². The largest absolute Gasteiger partial charge is 0.504 e. The van der Waals surface area contributed by atoms with Crippen molar-refractivity contribution < 1.29 is 74.7 Å². The van der Waals surface area contributed by atoms with Crippen LogP contribution in [0.2, 0.25) is 0 Å². The zero-order valence-corrected chi connectivity index (χ0v) is 32.2. The first-order valence-corrected chi connectivity index (χ1v) is 18.1. The number of aliphatic hydroxyl groups is 8. The predicted molar refractivity (Wildman–Crippen MR) is 191 cm³/mol. The number of phenols is 2. The third kappa shape index (κ3) is 7.62. The van der Waals surface area contributed by atoms with Gasteiger partial charge in [-0.1, -0.05) is 19.9 Å². The molecule has 4 rings (SSSR count). The van der Waals surface area contributed by atoms with Crippen molar-refractivity contribution in [1.29, 1.82) is 0 Å². The molecule has 1 aromatic rings. The minimum absolute atomic E-state index is 0.0503. The number of hydrogen-bond acceptors (Lipinski definition) is 18. The van der Waals surface area contributed by atoms with Crippen LogP contribution in [0.4, 0.5) is 0 Å². The van der Waals surface area contributed by atoms with Gasteiger partial charge in [-0.25, -0.2) is 0 Å². The van der Waals surface area contributed by atoms with Crippen molar-refractivity contribution in [2.75, 3.05) is 46.2 Å². The van der Waals surface area contributed by atoms with Crippen LogP contribution in [0, 0.1) is 10.8 Å². The van der Waals surface area contributed by atoms with E-state index in [0.29, 0.717) is 5.56 Å². The molecule has 54 heavy (non-hydrogen) atoms. The smallest absolute Gasteiger partial charge is 0.173 e. The Morgan fingerprint density at radius 1 is 0.722 bits per heavy atom. The van der Waals surface area contributed by atoms with E-state index in [1.807, 2.05) is 0 Å². The lowest BCUT2D eigenvalue weighted by molar-refractivity contribution is -0.320. The van der Waals surface area contributed by atoms with Crippen molar-refractivity contribution in [3.63, 3.8) is 0 Å². The number of phenolic OH excluding ortho intramolecular Hbond substituents is 2. The second kappa shape index (κ2) is 15.8. The second-order valence-corrected chi connectivity index (χ2v) is 16.9. The van der Waals surface area contributed by atoms with Gasteiger partial charge in [0.2, 0.25) is 0 Å². The number of ether oxygens (including phenoxy) is 5. The molecule has 15 N–H and O–H groups in total. The van der Waals surface area contributed by atoms with Crippen molar-refractivity contribution in [2.45, 2.75) is 132 Å². The summed E-state index contributed by atoms with van der Waals surface area (Å²) in [5.74, 6) is -0.671. The summed E-state index contributed by atoms with van der Waals surface area (Å²) >= 11 is 0. The highest BCUT2D eigenvalue weighted by Crippen LogP contribution is 2.50. The molecule has 0 amide bonds. The summed E-state index contributed by atoms with van der Waals surface area (Å²) in [6, 6.07) is 0.817. The molecule has 3 aliphatic rings. The van der Waals surface area contributed by atoms with E-state index in [9.17, 15) is 51.1 Å². The first-order valence-electron chi connectivity index (χ1n) is 18.1. The molecule has 0 spiro atoms. The molecule has 3 heterocycles. The average molecular weight is 778 g/mol. The lowest BCUT2D eigenvalue weighted by Gasteiger charge is -2.61. The van der Waals surface area contributed by atoms with Gasteiger partial charge in [0.1, 0.15) is 29.0 Å². The molecule has 0 bridgehead atoms. The summed E-state index contributed by atoms with van der Waals surface area (Å²) in [6.07, 6.45) is -6.35. The van der Waals surface area contributed by atoms with E-state index >= 15 is 0 Å². The van der Waals surface area contributed by atoms with E-state index in [1.54, 1.807) is 40.7 Å². The summed E-state index contributed by atoms with van der Waals surface area (Å²) in [6.45, 7) is 8.08. The van der Waals surface area contributed by atoms with Gasteiger partial charge in [0, 0.05) is 17.4 Å². The molecule has 0 aromatic heterocycles. The Bertz CT molecular complexity index is 1440. The highest BCUT2D eigenvalue weighted by Gasteiger charge is 2.65. The topological polar surface area (TPSA) is 313 Å².